The molecule has 0 aliphatic heterocycles. The summed E-state index contributed by atoms with van der Waals surface area (Å²) in [5.74, 6) is 0.700. The van der Waals surface area contributed by atoms with E-state index in [4.69, 9.17) is 10.3 Å². The number of anilines is 1. The second kappa shape index (κ2) is 5.75. The number of aromatic nitrogens is 2. The highest BCUT2D eigenvalue weighted by atomic mass is 19.1. The molecule has 0 fully saturated rings. The fourth-order valence-electron chi connectivity index (χ4n) is 2.12. The number of nitrogen functional groups attached to an aromatic ring is 1. The highest BCUT2D eigenvalue weighted by molar-refractivity contribution is 5.41. The van der Waals surface area contributed by atoms with Gasteiger partial charge in [-0.1, -0.05) is 35.5 Å². The topological polar surface area (TPSA) is 64.9 Å². The Bertz CT molecular complexity index is 755. The van der Waals surface area contributed by atoms with Crippen LogP contribution in [0.5, 0.6) is 0 Å². The van der Waals surface area contributed by atoms with Crippen LogP contribution in [0.15, 0.2) is 53.1 Å². The quantitative estimate of drug-likeness (QED) is 0.748. The van der Waals surface area contributed by atoms with Crippen LogP contribution < -0.4 is 5.73 Å². The van der Waals surface area contributed by atoms with E-state index in [9.17, 15) is 4.39 Å². The number of halogens is 1. The molecule has 2 N–H and O–H groups in total. The van der Waals surface area contributed by atoms with Gasteiger partial charge in [-0.15, -0.1) is 0 Å². The Morgan fingerprint density at radius 2 is 1.90 bits per heavy atom. The summed E-state index contributed by atoms with van der Waals surface area (Å²) in [6.45, 7) is 0. The highest BCUT2D eigenvalue weighted by Crippen LogP contribution is 2.14. The van der Waals surface area contributed by atoms with Crippen LogP contribution in [0.2, 0.25) is 0 Å². The first-order valence-electron chi connectivity index (χ1n) is 6.60. The van der Waals surface area contributed by atoms with E-state index in [1.54, 1.807) is 18.2 Å². The second-order valence-corrected chi connectivity index (χ2v) is 4.79. The molecular formula is C16H14FN3O. The molecule has 0 bridgehead atoms. The van der Waals surface area contributed by atoms with Gasteiger partial charge in [-0.05, 0) is 29.3 Å². The zero-order valence-electron chi connectivity index (χ0n) is 11.3. The molecule has 4 nitrogen and oxygen atoms in total. The molecule has 2 aromatic carbocycles. The molecule has 1 aromatic heterocycles. The third kappa shape index (κ3) is 3.25. The van der Waals surface area contributed by atoms with E-state index in [0.717, 1.165) is 5.56 Å². The number of hydrogen-bond acceptors (Lipinski definition) is 4. The van der Waals surface area contributed by atoms with Gasteiger partial charge in [-0.25, -0.2) is 4.39 Å². The molecule has 0 amide bonds. The lowest BCUT2D eigenvalue weighted by Crippen LogP contribution is -1.95. The van der Waals surface area contributed by atoms with E-state index in [1.807, 2.05) is 24.3 Å². The predicted molar refractivity (Wildman–Crippen MR) is 77.2 cm³/mol. The molecule has 0 radical (unpaired) electrons. The Morgan fingerprint density at radius 3 is 2.71 bits per heavy atom. The summed E-state index contributed by atoms with van der Waals surface area (Å²) in [6, 6.07) is 14.1. The SMILES string of the molecule is Nc1cccc(Cc2nc(Cc3ccccc3F)no2)c1. The van der Waals surface area contributed by atoms with Crippen molar-refractivity contribution in [3.8, 4) is 0 Å². The first-order valence-corrected chi connectivity index (χ1v) is 6.60. The summed E-state index contributed by atoms with van der Waals surface area (Å²) in [5, 5.41) is 3.89. The highest BCUT2D eigenvalue weighted by Gasteiger charge is 2.10. The van der Waals surface area contributed by atoms with Crippen LogP contribution in [-0.2, 0) is 12.8 Å². The van der Waals surface area contributed by atoms with Gasteiger partial charge >= 0.3 is 0 Å². The van der Waals surface area contributed by atoms with Crippen LogP contribution >= 0.6 is 0 Å². The molecular weight excluding hydrogens is 269 g/mol. The van der Waals surface area contributed by atoms with E-state index in [-0.39, 0.29) is 5.82 Å². The molecule has 0 saturated heterocycles. The van der Waals surface area contributed by atoms with Crippen LogP contribution in [0.25, 0.3) is 0 Å². The van der Waals surface area contributed by atoms with Gasteiger partial charge in [0.05, 0.1) is 6.42 Å². The van der Waals surface area contributed by atoms with Crippen molar-refractivity contribution in [2.24, 2.45) is 0 Å². The van der Waals surface area contributed by atoms with Crippen molar-refractivity contribution in [1.82, 2.24) is 10.1 Å². The van der Waals surface area contributed by atoms with Gasteiger partial charge in [-0.2, -0.15) is 4.98 Å². The standard InChI is InChI=1S/C16H14FN3O/c17-14-7-2-1-5-12(14)10-15-19-16(21-20-15)9-11-4-3-6-13(18)8-11/h1-8H,9-10,18H2. The van der Waals surface area contributed by atoms with E-state index in [1.165, 1.54) is 6.07 Å². The lowest BCUT2D eigenvalue weighted by atomic mass is 10.1. The average Bonchev–Trinajstić information content (AvgIpc) is 2.89. The molecule has 0 saturated carbocycles. The molecule has 0 aliphatic rings. The minimum absolute atomic E-state index is 0.264. The average molecular weight is 283 g/mol. The van der Waals surface area contributed by atoms with Gasteiger partial charge in [-0.3, -0.25) is 0 Å². The van der Waals surface area contributed by atoms with E-state index in [0.29, 0.717) is 35.8 Å². The molecule has 3 aromatic rings. The summed E-state index contributed by atoms with van der Waals surface area (Å²) >= 11 is 0. The maximum atomic E-state index is 13.6. The Hall–Kier alpha value is -2.69. The summed E-state index contributed by atoms with van der Waals surface area (Å²) in [6.07, 6.45) is 0.822. The predicted octanol–water partition coefficient (Wildman–Crippen LogP) is 2.97. The Morgan fingerprint density at radius 1 is 1.05 bits per heavy atom. The third-order valence-corrected chi connectivity index (χ3v) is 3.12. The zero-order valence-corrected chi connectivity index (χ0v) is 11.3. The van der Waals surface area contributed by atoms with E-state index < -0.39 is 0 Å². The fraction of sp³-hybridized carbons (Fsp3) is 0.125. The molecule has 21 heavy (non-hydrogen) atoms. The van der Waals surface area contributed by atoms with E-state index >= 15 is 0 Å². The number of rotatable bonds is 4. The molecule has 0 unspecified atom stereocenters. The summed E-state index contributed by atoms with van der Waals surface area (Å²) in [5.41, 5.74) is 7.97. The maximum absolute atomic E-state index is 13.6. The third-order valence-electron chi connectivity index (χ3n) is 3.12. The van der Waals surface area contributed by atoms with Gasteiger partial charge < -0.3 is 10.3 Å². The molecule has 1 heterocycles. The first-order chi connectivity index (χ1) is 10.2. The van der Waals surface area contributed by atoms with Crippen LogP contribution in [0.4, 0.5) is 10.1 Å². The van der Waals surface area contributed by atoms with Gasteiger partial charge in [0.2, 0.25) is 5.89 Å². The van der Waals surface area contributed by atoms with Gasteiger partial charge in [0.15, 0.2) is 5.82 Å². The van der Waals surface area contributed by atoms with Crippen molar-refractivity contribution in [3.63, 3.8) is 0 Å². The lowest BCUT2D eigenvalue weighted by Gasteiger charge is -1.98. The van der Waals surface area contributed by atoms with E-state index in [2.05, 4.69) is 10.1 Å². The van der Waals surface area contributed by atoms with Crippen LogP contribution in [0.3, 0.4) is 0 Å². The van der Waals surface area contributed by atoms with Gasteiger partial charge in [0, 0.05) is 12.1 Å². The van der Waals surface area contributed by atoms with Crippen molar-refractivity contribution in [2.75, 3.05) is 5.73 Å². The minimum Gasteiger partial charge on any atom is -0.399 e. The Kier molecular flexibility index (Phi) is 3.64. The first kappa shape index (κ1) is 13.3. The molecule has 5 heteroatoms. The van der Waals surface area contributed by atoms with Crippen molar-refractivity contribution in [2.45, 2.75) is 12.8 Å². The van der Waals surface area contributed by atoms with Crippen molar-refractivity contribution in [1.29, 1.82) is 0 Å². The molecule has 0 aliphatic carbocycles. The van der Waals surface area contributed by atoms with Crippen LogP contribution in [0, 0.1) is 5.82 Å². The second-order valence-electron chi connectivity index (χ2n) is 4.79. The van der Waals surface area contributed by atoms with Gasteiger partial charge in [0.25, 0.3) is 0 Å². The largest absolute Gasteiger partial charge is 0.399 e. The molecule has 3 rings (SSSR count). The van der Waals surface area contributed by atoms with Gasteiger partial charge in [0.1, 0.15) is 5.82 Å². The number of benzene rings is 2. The normalized spacial score (nSPS) is 10.7. The Labute approximate surface area is 121 Å². The number of nitrogens with zero attached hydrogens (tertiary/aromatic N) is 2. The fourth-order valence-corrected chi connectivity index (χ4v) is 2.12. The summed E-state index contributed by atoms with van der Waals surface area (Å²) in [4.78, 5) is 4.29. The number of hydrogen-bond donors (Lipinski definition) is 1. The van der Waals surface area contributed by atoms with Crippen molar-refractivity contribution < 1.29 is 8.91 Å². The van der Waals surface area contributed by atoms with Crippen LogP contribution in [-0.4, -0.2) is 10.1 Å². The minimum atomic E-state index is -0.264. The monoisotopic (exact) mass is 283 g/mol. The summed E-state index contributed by atoms with van der Waals surface area (Å²) in [7, 11) is 0. The smallest absolute Gasteiger partial charge is 0.231 e. The summed E-state index contributed by atoms with van der Waals surface area (Å²) < 4.78 is 18.8. The maximum Gasteiger partial charge on any atom is 0.231 e. The zero-order chi connectivity index (χ0) is 14.7. The Balaban J connectivity index is 1.73. The van der Waals surface area contributed by atoms with Crippen LogP contribution in [0.1, 0.15) is 22.8 Å². The number of nitrogens with two attached hydrogens (primary N) is 1. The van der Waals surface area contributed by atoms with Crippen molar-refractivity contribution in [3.05, 3.63) is 77.2 Å². The lowest BCUT2D eigenvalue weighted by molar-refractivity contribution is 0.380. The molecule has 0 spiro atoms. The molecule has 0 atom stereocenters. The van der Waals surface area contributed by atoms with Crippen molar-refractivity contribution >= 4 is 5.69 Å². The molecule has 106 valence electrons.